The molecule has 0 bridgehead atoms. The van der Waals surface area contributed by atoms with Gasteiger partial charge in [0.05, 0.1) is 5.69 Å². The van der Waals surface area contributed by atoms with Crippen molar-refractivity contribution in [1.82, 2.24) is 39.8 Å². The van der Waals surface area contributed by atoms with Gasteiger partial charge >= 0.3 is 0 Å². The van der Waals surface area contributed by atoms with E-state index in [1.54, 1.807) is 10.5 Å². The summed E-state index contributed by atoms with van der Waals surface area (Å²) >= 11 is 0. The van der Waals surface area contributed by atoms with Crippen LogP contribution in [-0.4, -0.2) is 66.0 Å². The van der Waals surface area contributed by atoms with Crippen molar-refractivity contribution in [3.05, 3.63) is 75.8 Å². The molecule has 9 heteroatoms. The van der Waals surface area contributed by atoms with E-state index in [1.807, 2.05) is 37.4 Å². The van der Waals surface area contributed by atoms with E-state index in [1.165, 1.54) is 5.56 Å². The first-order valence-corrected chi connectivity index (χ1v) is 10.4. The normalized spacial score (nSPS) is 15.5. The first-order valence-electron chi connectivity index (χ1n) is 10.4. The van der Waals surface area contributed by atoms with E-state index in [0.717, 1.165) is 49.5 Å². The maximum Gasteiger partial charge on any atom is 0.258 e. The highest BCUT2D eigenvalue weighted by atomic mass is 16.1. The second kappa shape index (κ2) is 8.37. The molecular formula is C22H24N8O. The van der Waals surface area contributed by atoms with E-state index < -0.39 is 0 Å². The number of aromatic nitrogens is 6. The maximum absolute atomic E-state index is 12.4. The van der Waals surface area contributed by atoms with E-state index in [9.17, 15) is 4.79 Å². The lowest BCUT2D eigenvalue weighted by Crippen LogP contribution is -2.45. The van der Waals surface area contributed by atoms with Crippen molar-refractivity contribution in [3.8, 4) is 11.4 Å². The van der Waals surface area contributed by atoms with Gasteiger partial charge in [0, 0.05) is 57.1 Å². The van der Waals surface area contributed by atoms with Gasteiger partial charge in [-0.1, -0.05) is 30.3 Å². The zero-order valence-electron chi connectivity index (χ0n) is 17.4. The molecule has 4 heterocycles. The van der Waals surface area contributed by atoms with Gasteiger partial charge in [0.1, 0.15) is 5.65 Å². The van der Waals surface area contributed by atoms with Crippen molar-refractivity contribution < 1.29 is 0 Å². The number of nitrogens with one attached hydrogen (secondary N) is 1. The Morgan fingerprint density at radius 2 is 1.71 bits per heavy atom. The first-order chi connectivity index (χ1) is 15.1. The molecule has 0 aliphatic carbocycles. The fraction of sp³-hybridized carbons (Fsp3) is 0.318. The van der Waals surface area contributed by atoms with Gasteiger partial charge in [0.2, 0.25) is 5.82 Å². The lowest BCUT2D eigenvalue weighted by Gasteiger charge is -2.34. The van der Waals surface area contributed by atoms with Crippen LogP contribution in [0.4, 0.5) is 0 Å². The van der Waals surface area contributed by atoms with E-state index in [0.29, 0.717) is 18.0 Å². The number of hydrogen-bond acceptors (Lipinski definition) is 7. The van der Waals surface area contributed by atoms with Crippen LogP contribution >= 0.6 is 0 Å². The number of tetrazole rings is 1. The van der Waals surface area contributed by atoms with Gasteiger partial charge in [0.25, 0.3) is 5.56 Å². The molecule has 1 fully saturated rings. The smallest absolute Gasteiger partial charge is 0.258 e. The van der Waals surface area contributed by atoms with Gasteiger partial charge in [-0.2, -0.15) is 5.21 Å². The Hall–Kier alpha value is -3.43. The van der Waals surface area contributed by atoms with Crippen molar-refractivity contribution >= 4 is 5.65 Å². The Bertz CT molecular complexity index is 1220. The second-order valence-electron chi connectivity index (χ2n) is 8.00. The number of pyridine rings is 1. The van der Waals surface area contributed by atoms with Gasteiger partial charge in [-0.05, 0) is 29.3 Å². The van der Waals surface area contributed by atoms with Crippen LogP contribution in [0.5, 0.6) is 0 Å². The standard InChI is InChI=1S/C22H24N8O/c1-16-2-7-20-23-19(12-21(31)30(20)13-16)15-29-10-8-28(9-11-29)14-17-3-5-18(6-4-17)22-24-26-27-25-22/h2-7,12-13H,8-11,14-15H2,1H3,(H,24,25,26,27). The van der Waals surface area contributed by atoms with Crippen LogP contribution in [0.3, 0.4) is 0 Å². The number of piperazine rings is 1. The Morgan fingerprint density at radius 1 is 0.968 bits per heavy atom. The molecule has 1 aliphatic heterocycles. The SMILES string of the molecule is Cc1ccc2nc(CN3CCN(Cc4ccc(-c5nn[nH]n5)cc4)CC3)cc(=O)n2c1. The molecule has 9 nitrogen and oxygen atoms in total. The lowest BCUT2D eigenvalue weighted by atomic mass is 10.1. The number of aryl methyl sites for hydroxylation is 1. The molecule has 1 saturated heterocycles. The summed E-state index contributed by atoms with van der Waals surface area (Å²) < 4.78 is 1.61. The quantitative estimate of drug-likeness (QED) is 0.527. The summed E-state index contributed by atoms with van der Waals surface area (Å²) in [6.45, 7) is 7.46. The van der Waals surface area contributed by atoms with Crippen molar-refractivity contribution in [2.45, 2.75) is 20.0 Å². The minimum atomic E-state index is -0.0217. The number of benzene rings is 1. The molecule has 31 heavy (non-hydrogen) atoms. The maximum atomic E-state index is 12.4. The van der Waals surface area contributed by atoms with Gasteiger partial charge in [-0.15, -0.1) is 10.2 Å². The molecule has 0 amide bonds. The van der Waals surface area contributed by atoms with Gasteiger partial charge in [-0.25, -0.2) is 4.98 Å². The van der Waals surface area contributed by atoms with Crippen molar-refractivity contribution in [3.63, 3.8) is 0 Å². The highest BCUT2D eigenvalue weighted by molar-refractivity contribution is 5.54. The van der Waals surface area contributed by atoms with Gasteiger partial charge in [-0.3, -0.25) is 19.0 Å². The number of aromatic amines is 1. The minimum absolute atomic E-state index is 0.0217. The van der Waals surface area contributed by atoms with Crippen LogP contribution in [0, 0.1) is 6.92 Å². The summed E-state index contributed by atoms with van der Waals surface area (Å²) in [5.41, 5.74) is 4.78. The summed E-state index contributed by atoms with van der Waals surface area (Å²) in [6, 6.07) is 13.8. The summed E-state index contributed by atoms with van der Waals surface area (Å²) in [5.74, 6) is 0.609. The van der Waals surface area contributed by atoms with Crippen LogP contribution in [-0.2, 0) is 13.1 Å². The number of fused-ring (bicyclic) bond motifs is 1. The summed E-state index contributed by atoms with van der Waals surface area (Å²) in [6.07, 6.45) is 1.84. The number of hydrogen-bond donors (Lipinski definition) is 1. The van der Waals surface area contributed by atoms with Crippen LogP contribution < -0.4 is 5.56 Å². The van der Waals surface area contributed by atoms with Crippen molar-refractivity contribution in [1.29, 1.82) is 0 Å². The van der Waals surface area contributed by atoms with Gasteiger partial charge in [0.15, 0.2) is 0 Å². The molecule has 1 aromatic carbocycles. The highest BCUT2D eigenvalue weighted by Crippen LogP contribution is 2.16. The molecule has 0 saturated carbocycles. The Labute approximate surface area is 179 Å². The molecule has 0 atom stereocenters. The molecule has 1 N–H and O–H groups in total. The monoisotopic (exact) mass is 416 g/mol. The molecule has 158 valence electrons. The van der Waals surface area contributed by atoms with Crippen molar-refractivity contribution in [2.24, 2.45) is 0 Å². The third kappa shape index (κ3) is 4.37. The topological polar surface area (TPSA) is 95.3 Å². The van der Waals surface area contributed by atoms with Crippen molar-refractivity contribution in [2.75, 3.05) is 26.2 Å². The summed E-state index contributed by atoms with van der Waals surface area (Å²) in [5, 5.41) is 14.1. The number of rotatable bonds is 5. The van der Waals surface area contributed by atoms with E-state index in [-0.39, 0.29) is 5.56 Å². The zero-order valence-corrected chi connectivity index (χ0v) is 17.4. The molecular weight excluding hydrogens is 392 g/mol. The van der Waals surface area contributed by atoms with Crippen LogP contribution in [0.1, 0.15) is 16.8 Å². The van der Waals surface area contributed by atoms with Crippen LogP contribution in [0.15, 0.2) is 53.5 Å². The summed E-state index contributed by atoms with van der Waals surface area (Å²) in [4.78, 5) is 21.9. The Kier molecular flexibility index (Phi) is 5.27. The lowest BCUT2D eigenvalue weighted by molar-refractivity contribution is 0.121. The molecule has 0 unspecified atom stereocenters. The third-order valence-electron chi connectivity index (χ3n) is 5.67. The number of nitrogens with zero attached hydrogens (tertiary/aromatic N) is 7. The zero-order chi connectivity index (χ0) is 21.2. The van der Waals surface area contributed by atoms with Crippen LogP contribution in [0.25, 0.3) is 17.0 Å². The molecule has 3 aromatic heterocycles. The number of H-pyrrole nitrogens is 1. The molecule has 1 aliphatic rings. The van der Waals surface area contributed by atoms with Gasteiger partial charge < -0.3 is 0 Å². The second-order valence-corrected chi connectivity index (χ2v) is 8.00. The van der Waals surface area contributed by atoms with Crippen LogP contribution in [0.2, 0.25) is 0 Å². The predicted octanol–water partition coefficient (Wildman–Crippen LogP) is 1.50. The minimum Gasteiger partial charge on any atom is -0.297 e. The predicted molar refractivity (Wildman–Crippen MR) is 116 cm³/mol. The molecule has 4 aromatic rings. The average Bonchev–Trinajstić information content (AvgIpc) is 3.31. The highest BCUT2D eigenvalue weighted by Gasteiger charge is 2.18. The fourth-order valence-electron chi connectivity index (χ4n) is 3.98. The van der Waals surface area contributed by atoms with E-state index in [2.05, 4.69) is 47.5 Å². The van der Waals surface area contributed by atoms with E-state index in [4.69, 9.17) is 0 Å². The largest absolute Gasteiger partial charge is 0.297 e. The first kappa shape index (κ1) is 19.5. The fourth-order valence-corrected chi connectivity index (χ4v) is 3.98. The third-order valence-corrected chi connectivity index (χ3v) is 5.67. The van der Waals surface area contributed by atoms with E-state index >= 15 is 0 Å². The molecule has 0 spiro atoms. The Morgan fingerprint density at radius 3 is 2.42 bits per heavy atom. The molecule has 5 rings (SSSR count). The Balaban J connectivity index is 1.18. The summed E-state index contributed by atoms with van der Waals surface area (Å²) in [7, 11) is 0. The average molecular weight is 416 g/mol. The molecule has 0 radical (unpaired) electrons.